The predicted octanol–water partition coefficient (Wildman–Crippen LogP) is 2.63. The molecule has 0 N–H and O–H groups in total. The molecule has 1 rings (SSSR count). The minimum absolute atomic E-state index is 0.145. The quantitative estimate of drug-likeness (QED) is 0.326. The second-order valence-corrected chi connectivity index (χ2v) is 3.67. The lowest BCUT2D eigenvalue weighted by atomic mass is 10.1. The Labute approximate surface area is 101 Å². The van der Waals surface area contributed by atoms with Crippen LogP contribution in [0.1, 0.15) is 18.4 Å². The maximum Gasteiger partial charge on any atom is 0.348 e. The first-order chi connectivity index (χ1) is 8.24. The Morgan fingerprint density at radius 1 is 1.29 bits per heavy atom. The summed E-state index contributed by atoms with van der Waals surface area (Å²) in [7, 11) is 0. The van der Waals surface area contributed by atoms with Crippen molar-refractivity contribution in [2.75, 3.05) is 6.61 Å². The van der Waals surface area contributed by atoms with Crippen LogP contribution in [0.2, 0.25) is 0 Å². The fourth-order valence-electron chi connectivity index (χ4n) is 1.37. The van der Waals surface area contributed by atoms with Crippen LogP contribution in [0.5, 0.6) is 0 Å². The molecule has 0 heterocycles. The van der Waals surface area contributed by atoms with E-state index >= 15 is 0 Å². The van der Waals surface area contributed by atoms with Gasteiger partial charge in [-0.2, -0.15) is 5.26 Å². The van der Waals surface area contributed by atoms with Gasteiger partial charge in [0.1, 0.15) is 11.6 Å². The fourth-order valence-corrected chi connectivity index (χ4v) is 1.37. The minimum Gasteiger partial charge on any atom is -0.462 e. The molecule has 0 bridgehead atoms. The van der Waals surface area contributed by atoms with E-state index in [0.717, 1.165) is 19.3 Å². The van der Waals surface area contributed by atoms with Crippen molar-refractivity contribution < 1.29 is 9.53 Å². The molecule has 0 unspecified atom stereocenters. The second kappa shape index (κ2) is 7.24. The number of ether oxygens (including phenoxy) is 1. The number of hydrogen-bond donors (Lipinski definition) is 0. The van der Waals surface area contributed by atoms with Crippen LogP contribution in [-0.2, 0) is 16.0 Å². The van der Waals surface area contributed by atoms with Crippen molar-refractivity contribution in [3.05, 3.63) is 48.0 Å². The summed E-state index contributed by atoms with van der Waals surface area (Å²) in [6, 6.07) is 11.8. The summed E-state index contributed by atoms with van der Waals surface area (Å²) in [6.07, 6.45) is 2.72. The first-order valence-corrected chi connectivity index (χ1v) is 5.54. The van der Waals surface area contributed by atoms with Crippen LogP contribution in [0.25, 0.3) is 0 Å². The number of esters is 1. The number of carbonyl (C=O) groups is 1. The van der Waals surface area contributed by atoms with Crippen molar-refractivity contribution in [3.63, 3.8) is 0 Å². The molecule has 0 saturated heterocycles. The zero-order chi connectivity index (χ0) is 12.5. The maximum atomic E-state index is 11.1. The monoisotopic (exact) mass is 229 g/mol. The van der Waals surface area contributed by atoms with Crippen molar-refractivity contribution in [1.29, 1.82) is 5.26 Å². The summed E-state index contributed by atoms with van der Waals surface area (Å²) in [5.74, 6) is -0.618. The highest BCUT2D eigenvalue weighted by Gasteiger charge is 2.06. The van der Waals surface area contributed by atoms with Crippen molar-refractivity contribution in [1.82, 2.24) is 0 Å². The number of hydrogen-bond acceptors (Lipinski definition) is 3. The van der Waals surface area contributed by atoms with Crippen LogP contribution >= 0.6 is 0 Å². The van der Waals surface area contributed by atoms with Gasteiger partial charge in [0.2, 0.25) is 0 Å². The van der Waals surface area contributed by atoms with Crippen molar-refractivity contribution in [2.24, 2.45) is 0 Å². The molecule has 0 aliphatic heterocycles. The molecular formula is C14H15NO2. The Morgan fingerprint density at radius 3 is 2.65 bits per heavy atom. The summed E-state index contributed by atoms with van der Waals surface area (Å²) >= 11 is 0. The lowest BCUT2D eigenvalue weighted by molar-refractivity contribution is -0.138. The molecule has 88 valence electrons. The van der Waals surface area contributed by atoms with Crippen LogP contribution in [0.3, 0.4) is 0 Å². The maximum absolute atomic E-state index is 11.1. The lowest BCUT2D eigenvalue weighted by Crippen LogP contribution is -2.07. The zero-order valence-corrected chi connectivity index (χ0v) is 9.69. The number of rotatable bonds is 6. The van der Waals surface area contributed by atoms with E-state index in [9.17, 15) is 4.79 Å². The van der Waals surface area contributed by atoms with Crippen LogP contribution in [0, 0.1) is 11.3 Å². The van der Waals surface area contributed by atoms with E-state index in [-0.39, 0.29) is 5.57 Å². The van der Waals surface area contributed by atoms with Gasteiger partial charge in [-0.15, -0.1) is 0 Å². The molecule has 0 spiro atoms. The zero-order valence-electron chi connectivity index (χ0n) is 9.69. The normalized spacial score (nSPS) is 9.35. The minimum atomic E-state index is -0.618. The molecule has 17 heavy (non-hydrogen) atoms. The number of benzene rings is 1. The average molecular weight is 229 g/mol. The summed E-state index contributed by atoms with van der Waals surface area (Å²) in [5.41, 5.74) is 1.13. The van der Waals surface area contributed by atoms with Crippen molar-refractivity contribution in [2.45, 2.75) is 19.3 Å². The number of carbonyl (C=O) groups excluding carboxylic acids is 1. The van der Waals surface area contributed by atoms with E-state index in [2.05, 4.69) is 18.7 Å². The van der Waals surface area contributed by atoms with E-state index in [1.54, 1.807) is 6.07 Å². The van der Waals surface area contributed by atoms with Gasteiger partial charge in [0, 0.05) is 0 Å². The molecule has 0 atom stereocenters. The average Bonchev–Trinajstić information content (AvgIpc) is 2.38. The molecular weight excluding hydrogens is 214 g/mol. The van der Waals surface area contributed by atoms with Gasteiger partial charge in [0.15, 0.2) is 0 Å². The standard InChI is InChI=1S/C14H15NO2/c1-12(11-15)14(16)17-10-6-5-9-13-7-3-2-4-8-13/h2-4,7-8H,1,5-6,9-10H2. The van der Waals surface area contributed by atoms with E-state index in [1.165, 1.54) is 5.56 Å². The smallest absolute Gasteiger partial charge is 0.348 e. The van der Waals surface area contributed by atoms with Gasteiger partial charge < -0.3 is 4.74 Å². The third-order valence-corrected chi connectivity index (χ3v) is 2.32. The van der Waals surface area contributed by atoms with E-state index in [1.807, 2.05) is 18.2 Å². The molecule has 1 aromatic carbocycles. The highest BCUT2D eigenvalue weighted by molar-refractivity contribution is 5.91. The molecule has 1 aromatic rings. The molecule has 0 aromatic heterocycles. The van der Waals surface area contributed by atoms with Gasteiger partial charge in [-0.1, -0.05) is 36.9 Å². The molecule has 3 nitrogen and oxygen atoms in total. The van der Waals surface area contributed by atoms with Gasteiger partial charge in [-0.05, 0) is 24.8 Å². The van der Waals surface area contributed by atoms with Gasteiger partial charge in [-0.25, -0.2) is 4.79 Å². The van der Waals surface area contributed by atoms with Gasteiger partial charge in [0.05, 0.1) is 6.61 Å². The summed E-state index contributed by atoms with van der Waals surface area (Å²) in [6.45, 7) is 3.62. The number of nitriles is 1. The predicted molar refractivity (Wildman–Crippen MR) is 65.1 cm³/mol. The van der Waals surface area contributed by atoms with E-state index < -0.39 is 5.97 Å². The lowest BCUT2D eigenvalue weighted by Gasteiger charge is -2.03. The van der Waals surface area contributed by atoms with Gasteiger partial charge in [0.25, 0.3) is 0 Å². The molecule has 0 aliphatic rings. The SMILES string of the molecule is C=C(C#N)C(=O)OCCCCc1ccccc1. The van der Waals surface area contributed by atoms with Crippen LogP contribution < -0.4 is 0 Å². The summed E-state index contributed by atoms with van der Waals surface area (Å²) in [5, 5.41) is 8.41. The highest BCUT2D eigenvalue weighted by Crippen LogP contribution is 2.05. The van der Waals surface area contributed by atoms with E-state index in [0.29, 0.717) is 6.61 Å². The summed E-state index contributed by atoms with van der Waals surface area (Å²) < 4.78 is 4.87. The number of unbranched alkanes of at least 4 members (excludes halogenated alkanes) is 1. The molecule has 0 fully saturated rings. The third kappa shape index (κ3) is 4.98. The molecule has 0 aliphatic carbocycles. The Hall–Kier alpha value is -2.08. The van der Waals surface area contributed by atoms with E-state index in [4.69, 9.17) is 10.00 Å². The Balaban J connectivity index is 2.12. The van der Waals surface area contributed by atoms with Crippen LogP contribution in [0.4, 0.5) is 0 Å². The van der Waals surface area contributed by atoms with Crippen molar-refractivity contribution in [3.8, 4) is 6.07 Å². The molecule has 0 radical (unpaired) electrons. The first-order valence-electron chi connectivity index (χ1n) is 5.54. The van der Waals surface area contributed by atoms with Gasteiger partial charge >= 0.3 is 5.97 Å². The Bertz CT molecular complexity index is 418. The van der Waals surface area contributed by atoms with Gasteiger partial charge in [-0.3, -0.25) is 0 Å². The number of aryl methyl sites for hydroxylation is 1. The van der Waals surface area contributed by atoms with Crippen LogP contribution in [0.15, 0.2) is 42.5 Å². The number of nitrogens with zero attached hydrogens (tertiary/aromatic N) is 1. The molecule has 0 saturated carbocycles. The topological polar surface area (TPSA) is 50.1 Å². The van der Waals surface area contributed by atoms with Crippen LogP contribution in [-0.4, -0.2) is 12.6 Å². The Morgan fingerprint density at radius 2 is 2.00 bits per heavy atom. The summed E-state index contributed by atoms with van der Waals surface area (Å²) in [4.78, 5) is 11.1. The fraction of sp³-hybridized carbons (Fsp3) is 0.286. The molecule has 3 heteroatoms. The second-order valence-electron chi connectivity index (χ2n) is 3.67. The highest BCUT2D eigenvalue weighted by atomic mass is 16.5. The Kier molecular flexibility index (Phi) is 5.53. The molecule has 0 amide bonds. The first kappa shape index (κ1) is 13.0. The van der Waals surface area contributed by atoms with Crippen molar-refractivity contribution >= 4 is 5.97 Å². The third-order valence-electron chi connectivity index (χ3n) is 2.32. The largest absolute Gasteiger partial charge is 0.462 e.